The Balaban J connectivity index is 1.70. The normalized spacial score (nSPS) is 25.0. The molecule has 21 heavy (non-hydrogen) atoms. The monoisotopic (exact) mass is 354 g/mol. The lowest BCUT2D eigenvalue weighted by atomic mass is 9.85. The van der Waals surface area contributed by atoms with E-state index in [4.69, 9.17) is 14.2 Å². The second kappa shape index (κ2) is 6.27. The third-order valence-electron chi connectivity index (χ3n) is 4.56. The Morgan fingerprint density at radius 3 is 2.48 bits per heavy atom. The molecule has 4 heteroatoms. The van der Waals surface area contributed by atoms with Crippen molar-refractivity contribution in [3.63, 3.8) is 0 Å². The van der Waals surface area contributed by atoms with Gasteiger partial charge in [0.25, 0.3) is 0 Å². The molecule has 1 unspecified atom stereocenters. The van der Waals surface area contributed by atoms with Crippen LogP contribution in [0.4, 0.5) is 0 Å². The Kier molecular flexibility index (Phi) is 4.57. The zero-order chi connectivity index (χ0) is 14.9. The van der Waals surface area contributed by atoms with Crippen molar-refractivity contribution in [2.45, 2.75) is 51.2 Å². The summed E-state index contributed by atoms with van der Waals surface area (Å²) in [6.45, 7) is 6.62. The van der Waals surface area contributed by atoms with Crippen LogP contribution in [0.1, 0.15) is 36.8 Å². The lowest BCUT2D eigenvalue weighted by molar-refractivity contribution is -0.155. The van der Waals surface area contributed by atoms with Crippen LogP contribution in [-0.2, 0) is 9.47 Å². The standard InChI is InChI=1S/C17H23BrO3/c1-12-9-15(10-13(2)16(12)18)21-14-3-6-20-17(11-14)4-7-19-8-5-17/h9-10,14H,3-8,11H2,1-2H3. The number of aryl methyl sites for hydroxylation is 2. The van der Waals surface area contributed by atoms with E-state index in [-0.39, 0.29) is 11.7 Å². The molecule has 1 atom stereocenters. The molecule has 1 spiro atoms. The van der Waals surface area contributed by atoms with Crippen molar-refractivity contribution in [1.29, 1.82) is 0 Å². The SMILES string of the molecule is Cc1cc(OC2CCOC3(CCOCC3)C2)cc(C)c1Br. The highest BCUT2D eigenvalue weighted by molar-refractivity contribution is 9.10. The Bertz CT molecular complexity index is 480. The summed E-state index contributed by atoms with van der Waals surface area (Å²) in [5, 5.41) is 0. The summed E-state index contributed by atoms with van der Waals surface area (Å²) in [5.74, 6) is 0.974. The summed E-state index contributed by atoms with van der Waals surface area (Å²) in [6.07, 6.45) is 4.18. The fourth-order valence-electron chi connectivity index (χ4n) is 3.34. The molecule has 3 rings (SSSR count). The van der Waals surface area contributed by atoms with Crippen molar-refractivity contribution in [1.82, 2.24) is 0 Å². The van der Waals surface area contributed by atoms with Crippen LogP contribution >= 0.6 is 15.9 Å². The van der Waals surface area contributed by atoms with Crippen LogP contribution in [0.15, 0.2) is 16.6 Å². The van der Waals surface area contributed by atoms with Crippen molar-refractivity contribution in [2.24, 2.45) is 0 Å². The first-order valence-electron chi connectivity index (χ1n) is 7.73. The van der Waals surface area contributed by atoms with Gasteiger partial charge in [-0.15, -0.1) is 0 Å². The van der Waals surface area contributed by atoms with Gasteiger partial charge in [0.05, 0.1) is 12.2 Å². The summed E-state index contributed by atoms with van der Waals surface area (Å²) in [4.78, 5) is 0. The summed E-state index contributed by atoms with van der Waals surface area (Å²) in [5.41, 5.74) is 2.43. The molecule has 0 bridgehead atoms. The van der Waals surface area contributed by atoms with Gasteiger partial charge >= 0.3 is 0 Å². The second-order valence-electron chi connectivity index (χ2n) is 6.25. The van der Waals surface area contributed by atoms with E-state index < -0.39 is 0 Å². The molecule has 1 aromatic carbocycles. The molecule has 0 saturated carbocycles. The lowest BCUT2D eigenvalue weighted by Gasteiger charge is -2.43. The molecule has 3 nitrogen and oxygen atoms in total. The molecule has 2 aliphatic rings. The summed E-state index contributed by atoms with van der Waals surface area (Å²) >= 11 is 3.61. The average Bonchev–Trinajstić information content (AvgIpc) is 2.45. The first-order valence-corrected chi connectivity index (χ1v) is 8.52. The van der Waals surface area contributed by atoms with Crippen molar-refractivity contribution in [2.75, 3.05) is 19.8 Å². The van der Waals surface area contributed by atoms with Gasteiger partial charge < -0.3 is 14.2 Å². The van der Waals surface area contributed by atoms with Crippen LogP contribution in [0, 0.1) is 13.8 Å². The van der Waals surface area contributed by atoms with Crippen LogP contribution in [-0.4, -0.2) is 31.5 Å². The van der Waals surface area contributed by atoms with Gasteiger partial charge in [-0.3, -0.25) is 0 Å². The molecule has 2 aliphatic heterocycles. The van der Waals surface area contributed by atoms with Crippen molar-refractivity contribution in [3.05, 3.63) is 27.7 Å². The summed E-state index contributed by atoms with van der Waals surface area (Å²) < 4.78 is 19.0. The van der Waals surface area contributed by atoms with Crippen LogP contribution < -0.4 is 4.74 Å². The molecular formula is C17H23BrO3. The van der Waals surface area contributed by atoms with Crippen molar-refractivity contribution < 1.29 is 14.2 Å². The molecule has 2 saturated heterocycles. The van der Waals surface area contributed by atoms with Gasteiger partial charge in [0.1, 0.15) is 11.9 Å². The van der Waals surface area contributed by atoms with Gasteiger partial charge in [-0.05, 0) is 49.9 Å². The predicted molar refractivity (Wildman–Crippen MR) is 86.0 cm³/mol. The number of halogens is 1. The van der Waals surface area contributed by atoms with Crippen LogP contribution in [0.2, 0.25) is 0 Å². The third-order valence-corrected chi connectivity index (χ3v) is 5.82. The Morgan fingerprint density at radius 2 is 1.81 bits per heavy atom. The second-order valence-corrected chi connectivity index (χ2v) is 7.04. The Labute approximate surface area is 135 Å². The fraction of sp³-hybridized carbons (Fsp3) is 0.647. The van der Waals surface area contributed by atoms with Gasteiger partial charge in [0.2, 0.25) is 0 Å². The molecule has 0 aromatic heterocycles. The molecule has 2 heterocycles. The number of hydrogen-bond donors (Lipinski definition) is 0. The zero-order valence-electron chi connectivity index (χ0n) is 12.8. The van der Waals surface area contributed by atoms with Crippen LogP contribution in [0.25, 0.3) is 0 Å². The van der Waals surface area contributed by atoms with Gasteiger partial charge in [-0.1, -0.05) is 15.9 Å². The highest BCUT2D eigenvalue weighted by atomic mass is 79.9. The summed E-state index contributed by atoms with van der Waals surface area (Å²) in [7, 11) is 0. The van der Waals surface area contributed by atoms with Crippen LogP contribution in [0.3, 0.4) is 0 Å². The minimum atomic E-state index is -0.0133. The number of ether oxygens (including phenoxy) is 3. The van der Waals surface area contributed by atoms with E-state index >= 15 is 0 Å². The molecule has 0 aliphatic carbocycles. The quantitative estimate of drug-likeness (QED) is 0.797. The molecule has 0 N–H and O–H groups in total. The highest BCUT2D eigenvalue weighted by Crippen LogP contribution is 2.36. The number of benzene rings is 1. The summed E-state index contributed by atoms with van der Waals surface area (Å²) in [6, 6.07) is 4.23. The van der Waals surface area contributed by atoms with Gasteiger partial charge in [0, 0.05) is 30.5 Å². The van der Waals surface area contributed by atoms with E-state index in [1.807, 2.05) is 0 Å². The molecule has 1 aromatic rings. The Hall–Kier alpha value is -0.580. The van der Waals surface area contributed by atoms with Crippen molar-refractivity contribution >= 4 is 15.9 Å². The number of rotatable bonds is 2. The topological polar surface area (TPSA) is 27.7 Å². The zero-order valence-corrected chi connectivity index (χ0v) is 14.4. The Morgan fingerprint density at radius 1 is 1.14 bits per heavy atom. The largest absolute Gasteiger partial charge is 0.490 e. The predicted octanol–water partition coefficient (Wildman–Crippen LogP) is 4.17. The van der Waals surface area contributed by atoms with E-state index in [2.05, 4.69) is 41.9 Å². The van der Waals surface area contributed by atoms with E-state index in [0.29, 0.717) is 0 Å². The molecular weight excluding hydrogens is 332 g/mol. The fourth-order valence-corrected chi connectivity index (χ4v) is 3.57. The maximum atomic E-state index is 6.26. The average molecular weight is 355 g/mol. The van der Waals surface area contributed by atoms with Crippen molar-refractivity contribution in [3.8, 4) is 5.75 Å². The first kappa shape index (κ1) is 15.3. The molecule has 0 amide bonds. The molecule has 116 valence electrons. The molecule has 2 fully saturated rings. The molecule has 0 radical (unpaired) electrons. The lowest BCUT2D eigenvalue weighted by Crippen LogP contribution is -2.47. The minimum absolute atomic E-state index is 0.0133. The maximum Gasteiger partial charge on any atom is 0.120 e. The van der Waals surface area contributed by atoms with Gasteiger partial charge in [-0.25, -0.2) is 0 Å². The third kappa shape index (κ3) is 3.43. The minimum Gasteiger partial charge on any atom is -0.490 e. The van der Waals surface area contributed by atoms with Crippen LogP contribution in [0.5, 0.6) is 5.75 Å². The maximum absolute atomic E-state index is 6.26. The van der Waals surface area contributed by atoms with E-state index in [0.717, 1.165) is 51.3 Å². The van der Waals surface area contributed by atoms with E-state index in [1.54, 1.807) is 0 Å². The van der Waals surface area contributed by atoms with E-state index in [1.165, 1.54) is 15.6 Å². The van der Waals surface area contributed by atoms with Gasteiger partial charge in [0.15, 0.2) is 0 Å². The van der Waals surface area contributed by atoms with Gasteiger partial charge in [-0.2, -0.15) is 0 Å². The number of hydrogen-bond acceptors (Lipinski definition) is 3. The smallest absolute Gasteiger partial charge is 0.120 e. The highest BCUT2D eigenvalue weighted by Gasteiger charge is 2.39. The van der Waals surface area contributed by atoms with E-state index in [9.17, 15) is 0 Å². The first-order chi connectivity index (χ1) is 10.1.